The van der Waals surface area contributed by atoms with Crippen LogP contribution in [0.15, 0.2) is 73.1 Å². The monoisotopic (exact) mass is 800 g/mol. The molecule has 4 heterocycles. The number of benzene rings is 3. The summed E-state index contributed by atoms with van der Waals surface area (Å²) >= 11 is 0. The van der Waals surface area contributed by atoms with Crippen LogP contribution in [0, 0.1) is 17.8 Å². The molecule has 5 aromatic rings. The molecule has 2 saturated heterocycles. The average molecular weight is 801 g/mol. The van der Waals surface area contributed by atoms with E-state index in [0.717, 1.165) is 75.3 Å². The summed E-state index contributed by atoms with van der Waals surface area (Å²) in [6.07, 6.45) is 5.84. The molecule has 2 aliphatic heterocycles. The fraction of sp³-hybridized carbons (Fsp3) is 0.435. The van der Waals surface area contributed by atoms with Gasteiger partial charge in [-0.3, -0.25) is 14.4 Å². The number of aromatic nitrogens is 4. The Hall–Kier alpha value is -5.98. The van der Waals surface area contributed by atoms with Gasteiger partial charge in [0.1, 0.15) is 23.7 Å². The number of H-pyrrole nitrogens is 2. The van der Waals surface area contributed by atoms with E-state index in [1.807, 2.05) is 49.9 Å². The van der Waals surface area contributed by atoms with Crippen LogP contribution in [-0.4, -0.2) is 85.8 Å². The van der Waals surface area contributed by atoms with Crippen molar-refractivity contribution in [2.45, 2.75) is 91.4 Å². The summed E-state index contributed by atoms with van der Waals surface area (Å²) in [6.45, 7) is 12.9. The molecule has 13 nitrogen and oxygen atoms in total. The number of hydrogen-bond acceptors (Lipinski definition) is 7. The summed E-state index contributed by atoms with van der Waals surface area (Å²) < 4.78 is 4.79. The number of likely N-dealkylation sites (tertiary alicyclic amines) is 2. The van der Waals surface area contributed by atoms with Crippen molar-refractivity contribution in [1.29, 1.82) is 0 Å². The van der Waals surface area contributed by atoms with Gasteiger partial charge in [-0.1, -0.05) is 90.1 Å². The highest BCUT2D eigenvalue weighted by Crippen LogP contribution is 2.37. The summed E-state index contributed by atoms with van der Waals surface area (Å²) in [6, 6.07) is 19.5. The van der Waals surface area contributed by atoms with E-state index in [9.17, 15) is 19.2 Å². The zero-order chi connectivity index (χ0) is 42.0. The van der Waals surface area contributed by atoms with Crippen LogP contribution in [0.5, 0.6) is 0 Å². The van der Waals surface area contributed by atoms with Gasteiger partial charge in [0, 0.05) is 25.1 Å². The van der Waals surface area contributed by atoms with Gasteiger partial charge in [-0.2, -0.15) is 0 Å². The molecule has 0 bridgehead atoms. The third-order valence-corrected chi connectivity index (χ3v) is 11.8. The molecule has 2 fully saturated rings. The molecule has 0 radical (unpaired) electrons. The van der Waals surface area contributed by atoms with Gasteiger partial charge in [0.25, 0.3) is 0 Å². The minimum absolute atomic E-state index is 0.0248. The molecule has 3 aromatic carbocycles. The first-order valence-electron chi connectivity index (χ1n) is 20.8. The van der Waals surface area contributed by atoms with E-state index in [1.165, 1.54) is 7.11 Å². The first-order valence-corrected chi connectivity index (χ1v) is 20.8. The number of imidazole rings is 2. The first kappa shape index (κ1) is 41.2. The molecule has 310 valence electrons. The molecule has 0 unspecified atom stereocenters. The molecular weight excluding hydrogens is 745 g/mol. The largest absolute Gasteiger partial charge is 0.453 e. The molecule has 0 aliphatic carbocycles. The van der Waals surface area contributed by atoms with Crippen LogP contribution in [-0.2, 0) is 19.1 Å². The second-order valence-corrected chi connectivity index (χ2v) is 16.8. The molecule has 59 heavy (non-hydrogen) atoms. The number of nitrogens with zero attached hydrogens (tertiary/aromatic N) is 4. The molecule has 4 amide bonds. The van der Waals surface area contributed by atoms with Crippen molar-refractivity contribution in [3.8, 4) is 33.6 Å². The van der Waals surface area contributed by atoms with Gasteiger partial charge < -0.3 is 35.1 Å². The van der Waals surface area contributed by atoms with E-state index < -0.39 is 18.2 Å². The Labute approximate surface area is 345 Å². The number of alkyl carbamates (subject to hydrolysis) is 1. The van der Waals surface area contributed by atoms with Crippen molar-refractivity contribution in [2.75, 3.05) is 20.2 Å². The van der Waals surface area contributed by atoms with E-state index in [-0.39, 0.29) is 47.6 Å². The number of methoxy groups -OCH3 is 1. The van der Waals surface area contributed by atoms with Gasteiger partial charge in [0.2, 0.25) is 17.7 Å². The van der Waals surface area contributed by atoms with Crippen molar-refractivity contribution in [1.82, 2.24) is 40.4 Å². The molecular formula is C46H56N8O5. The highest BCUT2D eigenvalue weighted by Gasteiger charge is 2.40. The Bertz CT molecular complexity index is 2310. The molecule has 13 heteroatoms. The summed E-state index contributed by atoms with van der Waals surface area (Å²) in [5, 5.41) is 7.84. The maximum Gasteiger partial charge on any atom is 0.407 e. The number of hydrogen-bond donors (Lipinski definition) is 4. The van der Waals surface area contributed by atoms with Crippen LogP contribution in [0.1, 0.15) is 91.0 Å². The van der Waals surface area contributed by atoms with Crippen molar-refractivity contribution < 1.29 is 23.9 Å². The van der Waals surface area contributed by atoms with Crippen molar-refractivity contribution in [2.24, 2.45) is 17.8 Å². The number of nitrogens with one attached hydrogen (secondary N) is 4. The van der Waals surface area contributed by atoms with Crippen molar-refractivity contribution in [3.05, 3.63) is 84.7 Å². The Morgan fingerprint density at radius 2 is 1.29 bits per heavy atom. The third-order valence-electron chi connectivity index (χ3n) is 11.8. The van der Waals surface area contributed by atoms with E-state index in [1.54, 1.807) is 6.92 Å². The zero-order valence-corrected chi connectivity index (χ0v) is 35.0. The lowest BCUT2D eigenvalue weighted by Crippen LogP contribution is -2.51. The second kappa shape index (κ2) is 17.5. The average Bonchev–Trinajstić information content (AvgIpc) is 4.08. The first-order chi connectivity index (χ1) is 28.3. The topological polar surface area (TPSA) is 165 Å². The summed E-state index contributed by atoms with van der Waals surface area (Å²) in [5.41, 5.74) is 5.94. The van der Waals surface area contributed by atoms with Crippen molar-refractivity contribution in [3.63, 3.8) is 0 Å². The lowest BCUT2D eigenvalue weighted by molar-refractivity contribution is -0.138. The van der Waals surface area contributed by atoms with E-state index >= 15 is 0 Å². The molecule has 2 aromatic heterocycles. The number of rotatable bonds is 12. The molecule has 4 N–H and O–H groups in total. The van der Waals surface area contributed by atoms with Gasteiger partial charge in [0.15, 0.2) is 0 Å². The summed E-state index contributed by atoms with van der Waals surface area (Å²) in [7, 11) is 1.30. The fourth-order valence-corrected chi connectivity index (χ4v) is 8.45. The molecule has 2 aliphatic rings. The van der Waals surface area contributed by atoms with Gasteiger partial charge in [-0.15, -0.1) is 0 Å². The van der Waals surface area contributed by atoms with Crippen LogP contribution >= 0.6 is 0 Å². The standard InChI is InChI=1S/C46H56N8O5/c1-8-39(55)51-40(26(2)3)44(56)53-19-9-10-37(53)42-47-23-35(49-42)30-13-11-29(12-14-30)31-15-16-33-22-34(18-17-32(33)21-31)36-24-48-43(50-36)38-20-28(6)25-54(38)45(57)41(27(4)5)52-46(58)59-7/h11-18,21-24,26-28,37-38,40-41H,8-10,19-20,25H2,1-7H3,(H,47,49)(H,48,50)(H,51,55)(H,52,58)/t28-,37+,38+,40+,41+/m1/s1. The minimum Gasteiger partial charge on any atom is -0.453 e. The maximum atomic E-state index is 13.7. The maximum absolute atomic E-state index is 13.7. The number of amides is 4. The van der Waals surface area contributed by atoms with Crippen LogP contribution < -0.4 is 10.6 Å². The zero-order valence-electron chi connectivity index (χ0n) is 35.0. The number of aromatic amines is 2. The molecule has 5 atom stereocenters. The van der Waals surface area contributed by atoms with Gasteiger partial charge >= 0.3 is 6.09 Å². The Morgan fingerprint density at radius 3 is 1.92 bits per heavy atom. The number of carbonyl (C=O) groups is 4. The van der Waals surface area contributed by atoms with Crippen molar-refractivity contribution >= 4 is 34.6 Å². The predicted molar refractivity (Wildman–Crippen MR) is 228 cm³/mol. The Kier molecular flexibility index (Phi) is 12.2. The highest BCUT2D eigenvalue weighted by molar-refractivity contribution is 5.91. The lowest BCUT2D eigenvalue weighted by Gasteiger charge is -2.30. The summed E-state index contributed by atoms with van der Waals surface area (Å²) in [5.74, 6) is 1.32. The van der Waals surface area contributed by atoms with Crippen LogP contribution in [0.25, 0.3) is 44.4 Å². The highest BCUT2D eigenvalue weighted by atomic mass is 16.5. The normalized spacial score (nSPS) is 19.0. The second-order valence-electron chi connectivity index (χ2n) is 16.8. The fourth-order valence-electron chi connectivity index (χ4n) is 8.45. The summed E-state index contributed by atoms with van der Waals surface area (Å²) in [4.78, 5) is 71.7. The Balaban J connectivity index is 1.03. The molecule has 7 rings (SSSR count). The Morgan fingerprint density at radius 1 is 0.746 bits per heavy atom. The van der Waals surface area contributed by atoms with E-state index in [0.29, 0.717) is 19.5 Å². The van der Waals surface area contributed by atoms with Crippen LogP contribution in [0.4, 0.5) is 4.79 Å². The van der Waals surface area contributed by atoms with Crippen LogP contribution in [0.3, 0.4) is 0 Å². The number of ether oxygens (including phenoxy) is 1. The van der Waals surface area contributed by atoms with E-state index in [2.05, 4.69) is 88.2 Å². The quantitative estimate of drug-likeness (QED) is 0.100. The smallest absolute Gasteiger partial charge is 0.407 e. The van der Waals surface area contributed by atoms with Crippen LogP contribution in [0.2, 0.25) is 0 Å². The molecule has 0 spiro atoms. The predicted octanol–water partition coefficient (Wildman–Crippen LogP) is 7.79. The van der Waals surface area contributed by atoms with Gasteiger partial charge in [-0.05, 0) is 76.6 Å². The molecule has 0 saturated carbocycles. The number of carbonyl (C=O) groups excluding carboxylic acids is 4. The number of fused-ring (bicyclic) bond motifs is 1. The minimum atomic E-state index is -0.697. The van der Waals surface area contributed by atoms with Gasteiger partial charge in [0.05, 0.1) is 43.0 Å². The lowest BCUT2D eigenvalue weighted by atomic mass is 9.98. The van der Waals surface area contributed by atoms with Gasteiger partial charge in [-0.25, -0.2) is 14.8 Å². The third kappa shape index (κ3) is 8.74. The SMILES string of the molecule is CCC(=O)N[C@H](C(=O)N1CCC[C@H]1c1ncc(-c2ccc(-c3ccc4cc(-c5cnc([C@@H]6C[C@@H](C)CN6C(=O)[C@@H](NC(=O)OC)C(C)C)[nH]5)ccc4c3)cc2)[nH]1)C(C)C. The van der Waals surface area contributed by atoms with E-state index in [4.69, 9.17) is 14.7 Å².